The summed E-state index contributed by atoms with van der Waals surface area (Å²) in [4.78, 5) is 12.3. The molecular formula is C17H16ClN5O2. The first-order chi connectivity index (χ1) is 12.2. The summed E-state index contributed by atoms with van der Waals surface area (Å²) in [6, 6.07) is 14.0. The number of benzene rings is 2. The fraction of sp³-hybridized carbons (Fsp3) is 0.176. The summed E-state index contributed by atoms with van der Waals surface area (Å²) in [6.07, 6.45) is 0. The van der Waals surface area contributed by atoms with Crippen molar-refractivity contribution >= 4 is 17.5 Å². The lowest BCUT2D eigenvalue weighted by Gasteiger charge is -2.07. The van der Waals surface area contributed by atoms with Crippen molar-refractivity contribution in [2.75, 3.05) is 6.61 Å². The van der Waals surface area contributed by atoms with E-state index in [0.29, 0.717) is 23.0 Å². The van der Waals surface area contributed by atoms with Gasteiger partial charge in [0.25, 0.3) is 5.91 Å². The fourth-order valence-corrected chi connectivity index (χ4v) is 2.36. The second-order valence-electron chi connectivity index (χ2n) is 5.12. The molecule has 3 rings (SSSR count). The van der Waals surface area contributed by atoms with E-state index in [1.165, 1.54) is 0 Å². The third-order valence-electron chi connectivity index (χ3n) is 3.44. The smallest absolute Gasteiger partial charge is 0.251 e. The van der Waals surface area contributed by atoms with Crippen LogP contribution >= 0.6 is 11.6 Å². The highest BCUT2D eigenvalue weighted by Crippen LogP contribution is 2.14. The fourth-order valence-electron chi connectivity index (χ4n) is 2.23. The monoisotopic (exact) mass is 357 g/mol. The molecule has 1 N–H and O–H groups in total. The van der Waals surface area contributed by atoms with Gasteiger partial charge in [-0.2, -0.15) is 4.68 Å². The Morgan fingerprint density at radius 3 is 2.56 bits per heavy atom. The van der Waals surface area contributed by atoms with E-state index in [2.05, 4.69) is 20.8 Å². The van der Waals surface area contributed by atoms with Crippen molar-refractivity contribution in [1.82, 2.24) is 25.5 Å². The van der Waals surface area contributed by atoms with Gasteiger partial charge in [-0.25, -0.2) is 0 Å². The molecule has 7 nitrogen and oxygen atoms in total. The maximum Gasteiger partial charge on any atom is 0.251 e. The summed E-state index contributed by atoms with van der Waals surface area (Å²) >= 11 is 5.89. The van der Waals surface area contributed by atoms with Crippen LogP contribution in [-0.4, -0.2) is 32.7 Å². The SMILES string of the molecule is CCOc1ccc(C(=O)NCc2nnnn2-c2ccc(Cl)cc2)cc1. The quantitative estimate of drug-likeness (QED) is 0.733. The van der Waals surface area contributed by atoms with Gasteiger partial charge in [0, 0.05) is 10.6 Å². The van der Waals surface area contributed by atoms with Gasteiger partial charge in [0.05, 0.1) is 18.8 Å². The number of nitrogens with zero attached hydrogens (tertiary/aromatic N) is 4. The number of nitrogens with one attached hydrogen (secondary N) is 1. The predicted octanol–water partition coefficient (Wildman–Crippen LogP) is 2.64. The number of ether oxygens (including phenoxy) is 1. The minimum Gasteiger partial charge on any atom is -0.494 e. The molecule has 0 saturated heterocycles. The molecule has 0 radical (unpaired) electrons. The van der Waals surface area contributed by atoms with Gasteiger partial charge in [0.2, 0.25) is 0 Å². The van der Waals surface area contributed by atoms with Crippen molar-refractivity contribution in [2.24, 2.45) is 0 Å². The van der Waals surface area contributed by atoms with Gasteiger partial charge in [-0.05, 0) is 65.9 Å². The van der Waals surface area contributed by atoms with E-state index in [9.17, 15) is 4.79 Å². The molecule has 0 aliphatic rings. The van der Waals surface area contributed by atoms with Gasteiger partial charge in [-0.1, -0.05) is 11.6 Å². The number of halogens is 1. The molecule has 0 bridgehead atoms. The van der Waals surface area contributed by atoms with Crippen LogP contribution in [0.25, 0.3) is 5.69 Å². The molecule has 25 heavy (non-hydrogen) atoms. The van der Waals surface area contributed by atoms with E-state index in [4.69, 9.17) is 16.3 Å². The zero-order chi connectivity index (χ0) is 17.6. The third kappa shape index (κ3) is 4.13. The van der Waals surface area contributed by atoms with Crippen molar-refractivity contribution in [3.8, 4) is 11.4 Å². The van der Waals surface area contributed by atoms with Crippen LogP contribution in [0, 0.1) is 0 Å². The average molecular weight is 358 g/mol. The van der Waals surface area contributed by atoms with Crippen LogP contribution < -0.4 is 10.1 Å². The zero-order valence-corrected chi connectivity index (χ0v) is 14.3. The highest BCUT2D eigenvalue weighted by Gasteiger charge is 2.11. The number of aromatic nitrogens is 4. The van der Waals surface area contributed by atoms with Gasteiger partial charge in [-0.3, -0.25) is 4.79 Å². The maximum absolute atomic E-state index is 12.3. The minimum atomic E-state index is -0.214. The molecule has 1 heterocycles. The summed E-state index contributed by atoms with van der Waals surface area (Å²) in [5.74, 6) is 1.03. The number of carbonyl (C=O) groups excluding carboxylic acids is 1. The molecule has 0 atom stereocenters. The number of amides is 1. The first-order valence-electron chi connectivity index (χ1n) is 7.71. The molecule has 3 aromatic rings. The van der Waals surface area contributed by atoms with Gasteiger partial charge in [-0.15, -0.1) is 5.10 Å². The third-order valence-corrected chi connectivity index (χ3v) is 3.69. The molecular weight excluding hydrogens is 342 g/mol. The highest BCUT2D eigenvalue weighted by atomic mass is 35.5. The lowest BCUT2D eigenvalue weighted by molar-refractivity contribution is 0.0949. The second-order valence-corrected chi connectivity index (χ2v) is 5.56. The molecule has 0 spiro atoms. The average Bonchev–Trinajstić information content (AvgIpc) is 3.10. The molecule has 0 saturated carbocycles. The Balaban J connectivity index is 1.66. The number of hydrogen-bond acceptors (Lipinski definition) is 5. The molecule has 1 amide bonds. The minimum absolute atomic E-state index is 0.196. The first kappa shape index (κ1) is 16.9. The summed E-state index contributed by atoms with van der Waals surface area (Å²) in [5.41, 5.74) is 1.30. The van der Waals surface area contributed by atoms with Crippen LogP contribution in [0.1, 0.15) is 23.1 Å². The van der Waals surface area contributed by atoms with Crippen LogP contribution in [0.15, 0.2) is 48.5 Å². The van der Waals surface area contributed by atoms with Crippen LogP contribution in [0.3, 0.4) is 0 Å². The van der Waals surface area contributed by atoms with Gasteiger partial charge in [0.1, 0.15) is 5.75 Å². The van der Waals surface area contributed by atoms with E-state index in [1.807, 2.05) is 6.92 Å². The van der Waals surface area contributed by atoms with E-state index >= 15 is 0 Å². The van der Waals surface area contributed by atoms with Crippen molar-refractivity contribution in [3.05, 3.63) is 64.9 Å². The Morgan fingerprint density at radius 1 is 1.16 bits per heavy atom. The Bertz CT molecular complexity index is 846. The number of carbonyl (C=O) groups is 1. The van der Waals surface area contributed by atoms with Crippen molar-refractivity contribution in [2.45, 2.75) is 13.5 Å². The lowest BCUT2D eigenvalue weighted by Crippen LogP contribution is -2.24. The van der Waals surface area contributed by atoms with E-state index in [-0.39, 0.29) is 12.5 Å². The first-order valence-corrected chi connectivity index (χ1v) is 8.09. The van der Waals surface area contributed by atoms with Crippen LogP contribution in [0.5, 0.6) is 5.75 Å². The van der Waals surface area contributed by atoms with Crippen LogP contribution in [0.2, 0.25) is 5.02 Å². The normalized spacial score (nSPS) is 10.5. The Kier molecular flexibility index (Phi) is 5.25. The van der Waals surface area contributed by atoms with Gasteiger partial charge >= 0.3 is 0 Å². The summed E-state index contributed by atoms with van der Waals surface area (Å²) < 4.78 is 6.91. The van der Waals surface area contributed by atoms with Gasteiger partial charge < -0.3 is 10.1 Å². The van der Waals surface area contributed by atoms with Crippen LogP contribution in [-0.2, 0) is 6.54 Å². The summed E-state index contributed by atoms with van der Waals surface area (Å²) in [6.45, 7) is 2.69. The summed E-state index contributed by atoms with van der Waals surface area (Å²) in [7, 11) is 0. The molecule has 128 valence electrons. The summed E-state index contributed by atoms with van der Waals surface area (Å²) in [5, 5.41) is 15.0. The molecule has 0 aliphatic heterocycles. The molecule has 8 heteroatoms. The Morgan fingerprint density at radius 2 is 1.88 bits per heavy atom. The predicted molar refractivity (Wildman–Crippen MR) is 92.9 cm³/mol. The number of tetrazole rings is 1. The van der Waals surface area contributed by atoms with E-state index in [1.54, 1.807) is 53.2 Å². The largest absolute Gasteiger partial charge is 0.494 e. The van der Waals surface area contributed by atoms with Gasteiger partial charge in [0.15, 0.2) is 5.82 Å². The molecule has 1 aromatic heterocycles. The van der Waals surface area contributed by atoms with E-state index < -0.39 is 0 Å². The molecule has 0 aliphatic carbocycles. The van der Waals surface area contributed by atoms with Crippen LogP contribution in [0.4, 0.5) is 0 Å². The number of hydrogen-bond donors (Lipinski definition) is 1. The topological polar surface area (TPSA) is 81.9 Å². The molecule has 0 fully saturated rings. The Hall–Kier alpha value is -2.93. The standard InChI is InChI=1S/C17H16ClN5O2/c1-2-25-15-9-3-12(4-10-15)17(24)19-11-16-20-21-22-23(16)14-7-5-13(18)6-8-14/h3-10H,2,11H2,1H3,(H,19,24). The lowest BCUT2D eigenvalue weighted by atomic mass is 10.2. The van der Waals surface area contributed by atoms with Crippen molar-refractivity contribution < 1.29 is 9.53 Å². The Labute approximate surface area is 149 Å². The van der Waals surface area contributed by atoms with Crippen molar-refractivity contribution in [1.29, 1.82) is 0 Å². The molecule has 2 aromatic carbocycles. The van der Waals surface area contributed by atoms with Crippen molar-refractivity contribution in [3.63, 3.8) is 0 Å². The maximum atomic E-state index is 12.3. The number of rotatable bonds is 6. The highest BCUT2D eigenvalue weighted by molar-refractivity contribution is 6.30. The van der Waals surface area contributed by atoms with E-state index in [0.717, 1.165) is 11.4 Å². The second kappa shape index (κ2) is 7.76. The zero-order valence-electron chi connectivity index (χ0n) is 13.5. The molecule has 0 unspecified atom stereocenters.